The molecule has 1 amide bonds. The Kier molecular flexibility index (Phi) is 5.91. The first-order valence-electron chi connectivity index (χ1n) is 8.73. The van der Waals surface area contributed by atoms with Crippen LogP contribution in [0.1, 0.15) is 22.3 Å². The third-order valence-electron chi connectivity index (χ3n) is 4.38. The minimum absolute atomic E-state index is 0.0385. The molecule has 0 radical (unpaired) electrons. The average Bonchev–Trinajstić information content (AvgIpc) is 3.09. The van der Waals surface area contributed by atoms with Gasteiger partial charge < -0.3 is 4.90 Å². The van der Waals surface area contributed by atoms with Crippen LogP contribution in [0, 0.1) is 20.8 Å². The molecule has 140 valence electrons. The highest BCUT2D eigenvalue weighted by Crippen LogP contribution is 2.23. The van der Waals surface area contributed by atoms with Crippen molar-refractivity contribution in [2.24, 2.45) is 0 Å². The molecule has 0 N–H and O–H groups in total. The molecular weight excluding hydrogens is 358 g/mol. The number of carbonyl (C=O) groups is 1. The zero-order valence-corrected chi connectivity index (χ0v) is 16.8. The summed E-state index contributed by atoms with van der Waals surface area (Å²) in [5.74, 6) is 0.324. The fourth-order valence-electron chi connectivity index (χ4n) is 2.84. The number of aryl methyl sites for hydroxylation is 3. The SMILES string of the molecule is Cc1ccc(CN(C)C(=O)CSc2nnnn2-c2c(C)cccc2C)cc1. The van der Waals surface area contributed by atoms with Crippen molar-refractivity contribution in [1.82, 2.24) is 25.1 Å². The Hall–Kier alpha value is -2.67. The van der Waals surface area contributed by atoms with E-state index in [0.717, 1.165) is 22.4 Å². The minimum Gasteiger partial charge on any atom is -0.341 e. The van der Waals surface area contributed by atoms with Gasteiger partial charge >= 0.3 is 0 Å². The van der Waals surface area contributed by atoms with Crippen LogP contribution in [0.4, 0.5) is 0 Å². The Morgan fingerprint density at radius 3 is 2.41 bits per heavy atom. The maximum Gasteiger partial charge on any atom is 0.233 e. The maximum absolute atomic E-state index is 12.5. The second-order valence-electron chi connectivity index (χ2n) is 6.64. The number of rotatable bonds is 6. The Balaban J connectivity index is 1.66. The van der Waals surface area contributed by atoms with E-state index in [4.69, 9.17) is 0 Å². The molecule has 1 aromatic heterocycles. The van der Waals surface area contributed by atoms with Gasteiger partial charge in [0, 0.05) is 13.6 Å². The molecule has 3 aromatic rings. The molecule has 0 fully saturated rings. The summed E-state index contributed by atoms with van der Waals surface area (Å²) in [7, 11) is 1.82. The number of nitrogens with zero attached hydrogens (tertiary/aromatic N) is 5. The highest BCUT2D eigenvalue weighted by molar-refractivity contribution is 7.99. The first-order valence-corrected chi connectivity index (χ1v) is 9.71. The lowest BCUT2D eigenvalue weighted by molar-refractivity contribution is -0.127. The molecule has 0 saturated heterocycles. The highest BCUT2D eigenvalue weighted by Gasteiger charge is 2.16. The van der Waals surface area contributed by atoms with Crippen LogP contribution in [-0.4, -0.2) is 43.8 Å². The third kappa shape index (κ3) is 4.54. The predicted molar refractivity (Wildman–Crippen MR) is 107 cm³/mol. The van der Waals surface area contributed by atoms with E-state index >= 15 is 0 Å². The number of benzene rings is 2. The molecule has 0 aliphatic heterocycles. The van der Waals surface area contributed by atoms with Crippen LogP contribution < -0.4 is 0 Å². The topological polar surface area (TPSA) is 63.9 Å². The molecule has 2 aromatic carbocycles. The molecule has 0 saturated carbocycles. The van der Waals surface area contributed by atoms with Gasteiger partial charge in [-0.2, -0.15) is 4.68 Å². The smallest absolute Gasteiger partial charge is 0.233 e. The lowest BCUT2D eigenvalue weighted by Crippen LogP contribution is -2.27. The molecule has 1 heterocycles. The predicted octanol–water partition coefficient (Wildman–Crippen LogP) is 3.34. The summed E-state index contributed by atoms with van der Waals surface area (Å²) in [5, 5.41) is 12.6. The molecule has 7 heteroatoms. The van der Waals surface area contributed by atoms with Crippen molar-refractivity contribution >= 4 is 17.7 Å². The van der Waals surface area contributed by atoms with Crippen LogP contribution >= 0.6 is 11.8 Å². The van der Waals surface area contributed by atoms with E-state index in [2.05, 4.69) is 34.6 Å². The zero-order chi connectivity index (χ0) is 19.4. The van der Waals surface area contributed by atoms with Gasteiger partial charge in [-0.25, -0.2) is 0 Å². The van der Waals surface area contributed by atoms with Gasteiger partial charge in [-0.1, -0.05) is 59.8 Å². The molecule has 0 unspecified atom stereocenters. The summed E-state index contributed by atoms with van der Waals surface area (Å²) < 4.78 is 1.71. The highest BCUT2D eigenvalue weighted by atomic mass is 32.2. The van der Waals surface area contributed by atoms with E-state index in [-0.39, 0.29) is 11.7 Å². The lowest BCUT2D eigenvalue weighted by atomic mass is 10.1. The molecule has 0 bridgehead atoms. The summed E-state index contributed by atoms with van der Waals surface area (Å²) in [5.41, 5.74) is 5.47. The van der Waals surface area contributed by atoms with Crippen molar-refractivity contribution in [2.45, 2.75) is 32.5 Å². The maximum atomic E-state index is 12.5. The van der Waals surface area contributed by atoms with Gasteiger partial charge in [0.15, 0.2) is 0 Å². The quantitative estimate of drug-likeness (QED) is 0.613. The summed E-state index contributed by atoms with van der Waals surface area (Å²) in [6.45, 7) is 6.69. The van der Waals surface area contributed by atoms with Crippen molar-refractivity contribution < 1.29 is 4.79 Å². The van der Waals surface area contributed by atoms with Crippen LogP contribution in [0.2, 0.25) is 0 Å². The number of hydrogen-bond donors (Lipinski definition) is 0. The van der Waals surface area contributed by atoms with Crippen LogP contribution in [0.15, 0.2) is 47.6 Å². The fourth-order valence-corrected chi connectivity index (χ4v) is 3.66. The van der Waals surface area contributed by atoms with Crippen LogP contribution in [0.5, 0.6) is 0 Å². The monoisotopic (exact) mass is 381 g/mol. The number of tetrazole rings is 1. The van der Waals surface area contributed by atoms with Crippen LogP contribution in [0.25, 0.3) is 5.69 Å². The number of thioether (sulfide) groups is 1. The van der Waals surface area contributed by atoms with Crippen molar-refractivity contribution in [3.63, 3.8) is 0 Å². The first-order chi connectivity index (χ1) is 13.0. The van der Waals surface area contributed by atoms with E-state index in [1.54, 1.807) is 9.58 Å². The molecular formula is C20H23N5OS. The molecule has 0 aliphatic rings. The lowest BCUT2D eigenvalue weighted by Gasteiger charge is -2.17. The summed E-state index contributed by atoms with van der Waals surface area (Å²) in [6, 6.07) is 14.3. The van der Waals surface area contributed by atoms with Crippen molar-refractivity contribution in [1.29, 1.82) is 0 Å². The van der Waals surface area contributed by atoms with Gasteiger partial charge in [0.1, 0.15) is 0 Å². The number of carbonyl (C=O) groups excluding carboxylic acids is 1. The van der Waals surface area contributed by atoms with E-state index in [9.17, 15) is 4.79 Å². The largest absolute Gasteiger partial charge is 0.341 e. The van der Waals surface area contributed by atoms with Gasteiger partial charge in [-0.3, -0.25) is 4.79 Å². The summed E-state index contributed by atoms with van der Waals surface area (Å²) in [4.78, 5) is 14.2. The van der Waals surface area contributed by atoms with Gasteiger partial charge in [0.05, 0.1) is 11.4 Å². The van der Waals surface area contributed by atoms with Crippen molar-refractivity contribution in [3.8, 4) is 5.69 Å². The van der Waals surface area contributed by atoms with Gasteiger partial charge in [0.25, 0.3) is 0 Å². The van der Waals surface area contributed by atoms with Crippen LogP contribution in [0.3, 0.4) is 0 Å². The molecule has 0 atom stereocenters. The van der Waals surface area contributed by atoms with E-state index in [1.165, 1.54) is 17.3 Å². The number of amides is 1. The molecule has 27 heavy (non-hydrogen) atoms. The number of para-hydroxylation sites is 1. The third-order valence-corrected chi connectivity index (χ3v) is 5.29. The molecule has 0 spiro atoms. The Bertz CT molecular complexity index is 916. The zero-order valence-electron chi connectivity index (χ0n) is 16.0. The molecule has 3 rings (SSSR count). The summed E-state index contributed by atoms with van der Waals surface area (Å²) >= 11 is 1.35. The van der Waals surface area contributed by atoms with Crippen molar-refractivity contribution in [2.75, 3.05) is 12.8 Å². The van der Waals surface area contributed by atoms with Crippen molar-refractivity contribution in [3.05, 3.63) is 64.7 Å². The molecule has 0 aliphatic carbocycles. The molecule has 6 nitrogen and oxygen atoms in total. The second-order valence-corrected chi connectivity index (χ2v) is 7.58. The van der Waals surface area contributed by atoms with Gasteiger partial charge in [0.2, 0.25) is 11.1 Å². The Labute approximate surface area is 163 Å². The Morgan fingerprint density at radius 2 is 1.74 bits per heavy atom. The van der Waals surface area contributed by atoms with Gasteiger partial charge in [-0.05, 0) is 47.9 Å². The minimum atomic E-state index is 0.0385. The number of hydrogen-bond acceptors (Lipinski definition) is 5. The Morgan fingerprint density at radius 1 is 1.07 bits per heavy atom. The normalized spacial score (nSPS) is 10.8. The number of aromatic nitrogens is 4. The second kappa shape index (κ2) is 8.35. The van der Waals surface area contributed by atoms with E-state index < -0.39 is 0 Å². The van der Waals surface area contributed by atoms with E-state index in [0.29, 0.717) is 11.7 Å². The van der Waals surface area contributed by atoms with E-state index in [1.807, 2.05) is 51.2 Å². The fraction of sp³-hybridized carbons (Fsp3) is 0.300. The summed E-state index contributed by atoms with van der Waals surface area (Å²) in [6.07, 6.45) is 0. The first kappa shape index (κ1) is 19.1. The standard InChI is InChI=1S/C20H23N5OS/c1-14-8-10-17(11-9-14)12-24(4)18(26)13-27-20-21-22-23-25(20)19-15(2)6-5-7-16(19)3/h5-11H,12-13H2,1-4H3. The van der Waals surface area contributed by atoms with Crippen LogP contribution in [-0.2, 0) is 11.3 Å². The van der Waals surface area contributed by atoms with Gasteiger partial charge in [-0.15, -0.1) is 5.10 Å². The average molecular weight is 382 g/mol.